The third-order valence-electron chi connectivity index (χ3n) is 3.42. The van der Waals surface area contributed by atoms with Crippen LogP contribution >= 0.6 is 0 Å². The van der Waals surface area contributed by atoms with E-state index in [4.69, 9.17) is 0 Å². The first-order valence-electron chi connectivity index (χ1n) is 4.95. The van der Waals surface area contributed by atoms with Crippen LogP contribution in [0.5, 0.6) is 0 Å². The molecule has 1 fully saturated rings. The quantitative estimate of drug-likeness (QED) is 0.755. The summed E-state index contributed by atoms with van der Waals surface area (Å²) in [5.74, 6) is 0. The van der Waals surface area contributed by atoms with Crippen LogP contribution in [0.1, 0.15) is 46.0 Å². The van der Waals surface area contributed by atoms with Crippen LogP contribution in [0.2, 0.25) is 0 Å². The fourth-order valence-corrected chi connectivity index (χ4v) is 1.66. The molecule has 0 aromatic heterocycles. The van der Waals surface area contributed by atoms with Crippen molar-refractivity contribution in [2.24, 2.45) is 5.41 Å². The normalized spacial score (nSPS) is 24.4. The first-order valence-corrected chi connectivity index (χ1v) is 4.95. The van der Waals surface area contributed by atoms with Crippen molar-refractivity contribution in [3.05, 3.63) is 0 Å². The van der Waals surface area contributed by atoms with Crippen molar-refractivity contribution < 1.29 is 18.3 Å². The van der Waals surface area contributed by atoms with Gasteiger partial charge in [0.2, 0.25) is 0 Å². The molecule has 0 aromatic carbocycles. The smallest absolute Gasteiger partial charge is 0.389 e. The molecule has 0 aromatic rings. The number of hydrogen-bond acceptors (Lipinski definition) is 1. The second-order valence-electron chi connectivity index (χ2n) is 4.80. The largest absolute Gasteiger partial charge is 0.390 e. The van der Waals surface area contributed by atoms with E-state index in [0.29, 0.717) is 0 Å². The summed E-state index contributed by atoms with van der Waals surface area (Å²) in [7, 11) is 0. The van der Waals surface area contributed by atoms with Crippen molar-refractivity contribution in [3.8, 4) is 0 Å². The highest BCUT2D eigenvalue weighted by Gasteiger charge is 2.51. The fourth-order valence-electron chi connectivity index (χ4n) is 1.66. The van der Waals surface area contributed by atoms with Gasteiger partial charge in [-0.3, -0.25) is 0 Å². The Kier molecular flexibility index (Phi) is 2.87. The third kappa shape index (κ3) is 2.87. The molecule has 0 amide bonds. The summed E-state index contributed by atoms with van der Waals surface area (Å²) in [5, 5.41) is 9.94. The molecule has 1 aliphatic rings. The lowest BCUT2D eigenvalue weighted by molar-refractivity contribution is -0.139. The Morgan fingerprint density at radius 1 is 1.21 bits per heavy atom. The van der Waals surface area contributed by atoms with Gasteiger partial charge in [0.25, 0.3) is 0 Å². The molecule has 0 radical (unpaired) electrons. The molecule has 1 saturated carbocycles. The molecule has 0 spiro atoms. The number of aliphatic hydroxyl groups is 1. The molecule has 1 aliphatic carbocycles. The van der Waals surface area contributed by atoms with E-state index in [0.717, 1.165) is 12.8 Å². The average Bonchev–Trinajstić information content (AvgIpc) is 2.65. The maximum absolute atomic E-state index is 11.9. The lowest BCUT2D eigenvalue weighted by atomic mass is 9.83. The summed E-state index contributed by atoms with van der Waals surface area (Å²) in [5.41, 5.74) is -1.07. The second-order valence-corrected chi connectivity index (χ2v) is 4.80. The van der Waals surface area contributed by atoms with E-state index in [-0.39, 0.29) is 18.3 Å². The predicted molar refractivity (Wildman–Crippen MR) is 47.9 cm³/mol. The van der Waals surface area contributed by atoms with Crippen LogP contribution < -0.4 is 0 Å². The lowest BCUT2D eigenvalue weighted by Gasteiger charge is -2.30. The molecule has 14 heavy (non-hydrogen) atoms. The minimum atomic E-state index is -4.10. The summed E-state index contributed by atoms with van der Waals surface area (Å²) in [6, 6.07) is 0. The number of alkyl halides is 3. The third-order valence-corrected chi connectivity index (χ3v) is 3.42. The summed E-state index contributed by atoms with van der Waals surface area (Å²) >= 11 is 0. The van der Waals surface area contributed by atoms with Gasteiger partial charge in [0.15, 0.2) is 0 Å². The molecular formula is C10H17F3O. The minimum Gasteiger partial charge on any atom is -0.390 e. The summed E-state index contributed by atoms with van der Waals surface area (Å²) in [6.45, 7) is 3.58. The highest BCUT2D eigenvalue weighted by atomic mass is 19.4. The molecule has 0 heterocycles. The zero-order valence-electron chi connectivity index (χ0n) is 8.62. The molecule has 0 aliphatic heterocycles. The zero-order valence-corrected chi connectivity index (χ0v) is 8.62. The highest BCUT2D eigenvalue weighted by Crippen LogP contribution is 2.55. The Morgan fingerprint density at radius 2 is 1.71 bits per heavy atom. The molecule has 84 valence electrons. The van der Waals surface area contributed by atoms with Crippen LogP contribution in [0, 0.1) is 5.41 Å². The molecule has 1 nitrogen and oxygen atoms in total. The Morgan fingerprint density at radius 3 is 2.07 bits per heavy atom. The van der Waals surface area contributed by atoms with Crippen LogP contribution in [0.4, 0.5) is 13.2 Å². The van der Waals surface area contributed by atoms with Crippen molar-refractivity contribution in [2.75, 3.05) is 0 Å². The van der Waals surface area contributed by atoms with E-state index in [1.165, 1.54) is 0 Å². The van der Waals surface area contributed by atoms with Gasteiger partial charge in [-0.05, 0) is 38.0 Å². The van der Waals surface area contributed by atoms with Crippen LogP contribution in [0.25, 0.3) is 0 Å². The van der Waals surface area contributed by atoms with Gasteiger partial charge >= 0.3 is 6.18 Å². The number of hydrogen-bond donors (Lipinski definition) is 1. The molecule has 1 N–H and O–H groups in total. The van der Waals surface area contributed by atoms with Crippen molar-refractivity contribution in [1.82, 2.24) is 0 Å². The summed E-state index contributed by atoms with van der Waals surface area (Å²) < 4.78 is 35.6. The predicted octanol–water partition coefficient (Wildman–Crippen LogP) is 3.27. The lowest BCUT2D eigenvalue weighted by Crippen LogP contribution is -2.34. The molecule has 1 rings (SSSR count). The maximum Gasteiger partial charge on any atom is 0.389 e. The van der Waals surface area contributed by atoms with Gasteiger partial charge in [-0.1, -0.05) is 6.92 Å². The van der Waals surface area contributed by atoms with Crippen LogP contribution in [-0.4, -0.2) is 16.9 Å². The SMILES string of the molecule is CC(O)(CCCC(F)(F)F)C1(C)CC1. The fraction of sp³-hybridized carbons (Fsp3) is 1.00. The first kappa shape index (κ1) is 11.8. The molecule has 0 saturated heterocycles. The van der Waals surface area contributed by atoms with E-state index >= 15 is 0 Å². The minimum absolute atomic E-state index is 0.0199. The van der Waals surface area contributed by atoms with Gasteiger partial charge in [0.1, 0.15) is 0 Å². The summed E-state index contributed by atoms with van der Waals surface area (Å²) in [4.78, 5) is 0. The number of rotatable bonds is 4. The van der Waals surface area contributed by atoms with E-state index in [9.17, 15) is 18.3 Å². The van der Waals surface area contributed by atoms with Crippen LogP contribution in [0.15, 0.2) is 0 Å². The van der Waals surface area contributed by atoms with Crippen LogP contribution in [-0.2, 0) is 0 Å². The van der Waals surface area contributed by atoms with Crippen molar-refractivity contribution in [1.29, 1.82) is 0 Å². The van der Waals surface area contributed by atoms with Crippen LogP contribution in [0.3, 0.4) is 0 Å². The van der Waals surface area contributed by atoms with E-state index < -0.39 is 18.2 Å². The van der Waals surface area contributed by atoms with E-state index in [1.807, 2.05) is 6.92 Å². The Labute approximate surface area is 82.3 Å². The Bertz CT molecular complexity index is 204. The van der Waals surface area contributed by atoms with Gasteiger partial charge in [0, 0.05) is 6.42 Å². The monoisotopic (exact) mass is 210 g/mol. The first-order chi connectivity index (χ1) is 6.16. The molecule has 1 unspecified atom stereocenters. The Hall–Kier alpha value is -0.250. The second kappa shape index (κ2) is 3.40. The van der Waals surface area contributed by atoms with Gasteiger partial charge in [-0.25, -0.2) is 0 Å². The van der Waals surface area contributed by atoms with Gasteiger partial charge in [0.05, 0.1) is 5.60 Å². The molecular weight excluding hydrogens is 193 g/mol. The average molecular weight is 210 g/mol. The van der Waals surface area contributed by atoms with Crippen molar-refractivity contribution in [2.45, 2.75) is 57.7 Å². The maximum atomic E-state index is 11.9. The summed E-state index contributed by atoms with van der Waals surface area (Å²) in [6.07, 6.45) is -2.78. The van der Waals surface area contributed by atoms with E-state index in [1.54, 1.807) is 6.92 Å². The highest BCUT2D eigenvalue weighted by molar-refractivity contribution is 5.02. The molecule has 0 bridgehead atoms. The van der Waals surface area contributed by atoms with E-state index in [2.05, 4.69) is 0 Å². The van der Waals surface area contributed by atoms with Gasteiger partial charge in [-0.2, -0.15) is 13.2 Å². The molecule has 4 heteroatoms. The van der Waals surface area contributed by atoms with Gasteiger partial charge < -0.3 is 5.11 Å². The van der Waals surface area contributed by atoms with Crippen molar-refractivity contribution >= 4 is 0 Å². The van der Waals surface area contributed by atoms with Crippen molar-refractivity contribution in [3.63, 3.8) is 0 Å². The number of halogens is 3. The zero-order chi connectivity index (χ0) is 11.0. The standard InChI is InChI=1S/C10H17F3O/c1-8(6-7-8)9(2,14)4-3-5-10(11,12)13/h14H,3-7H2,1-2H3. The molecule has 1 atom stereocenters. The Balaban J connectivity index is 2.30. The van der Waals surface area contributed by atoms with Gasteiger partial charge in [-0.15, -0.1) is 0 Å². The topological polar surface area (TPSA) is 20.2 Å².